The molecule has 6 nitrogen and oxygen atoms in total. The van der Waals surface area contributed by atoms with Gasteiger partial charge in [-0.3, -0.25) is 0 Å². The number of ether oxygens (including phenoxy) is 2. The van der Waals surface area contributed by atoms with E-state index in [4.69, 9.17) is 9.47 Å². The molecule has 6 rings (SSSR count). The molecule has 0 amide bonds. The van der Waals surface area contributed by atoms with Gasteiger partial charge in [-0.05, 0) is 87.8 Å². The normalized spacial score (nSPS) is 17.8. The van der Waals surface area contributed by atoms with Crippen molar-refractivity contribution in [3.63, 3.8) is 0 Å². The van der Waals surface area contributed by atoms with Crippen LogP contribution < -0.4 is 0 Å². The molecule has 10 heteroatoms. The third-order valence-corrected chi connectivity index (χ3v) is 9.01. The fourth-order valence-electron chi connectivity index (χ4n) is 5.27. The summed E-state index contributed by atoms with van der Waals surface area (Å²) in [5, 5.41) is 9.04. The predicted molar refractivity (Wildman–Crippen MR) is 193 cm³/mol. The molecule has 4 heterocycles. The van der Waals surface area contributed by atoms with Crippen molar-refractivity contribution < 1.29 is 18.3 Å². The average Bonchev–Trinajstić information content (AvgIpc) is 3.58. The quantitative estimate of drug-likeness (QED) is 0.155. The summed E-state index contributed by atoms with van der Waals surface area (Å²) in [5.74, 6) is 8.46. The van der Waals surface area contributed by atoms with Crippen LogP contribution in [0.3, 0.4) is 0 Å². The summed E-state index contributed by atoms with van der Waals surface area (Å²) in [6, 6.07) is 11.1. The molecule has 2 aromatic heterocycles. The van der Waals surface area contributed by atoms with Crippen molar-refractivity contribution in [2.24, 2.45) is 0 Å². The van der Waals surface area contributed by atoms with E-state index in [1.54, 1.807) is 21.5 Å². The van der Waals surface area contributed by atoms with E-state index in [0.717, 1.165) is 85.5 Å². The Balaban J connectivity index is 0.000000173. The van der Waals surface area contributed by atoms with Gasteiger partial charge in [-0.1, -0.05) is 61.3 Å². The van der Waals surface area contributed by atoms with Crippen LogP contribution in [0.2, 0.25) is 19.6 Å². The van der Waals surface area contributed by atoms with Gasteiger partial charge in [0.2, 0.25) is 11.9 Å². The molecule has 0 spiro atoms. The highest BCUT2D eigenvalue weighted by Crippen LogP contribution is 2.30. The molecular formula is C37H47BrF2N4O2Si. The van der Waals surface area contributed by atoms with E-state index in [0.29, 0.717) is 17.4 Å². The molecule has 0 N–H and O–H groups in total. The molecule has 0 saturated carbocycles. The third-order valence-electron chi connectivity index (χ3n) is 7.59. The van der Waals surface area contributed by atoms with Gasteiger partial charge in [0.25, 0.3) is 0 Å². The minimum Gasteiger partial charge on any atom is -0.356 e. The summed E-state index contributed by atoms with van der Waals surface area (Å²) in [7, 11) is -1.06. The van der Waals surface area contributed by atoms with Gasteiger partial charge < -0.3 is 9.47 Å². The van der Waals surface area contributed by atoms with Gasteiger partial charge in [0.1, 0.15) is 8.07 Å². The zero-order chi connectivity index (χ0) is 33.8. The molecule has 0 radical (unpaired) electrons. The standard InChI is InChI=1S/C17H19FN2O.C12H12BrFN2O.C8H16Si/c1-2-3-4-7-13-9-10-15-14(12-13)17(18)19-20(15)16-8-5-6-11-21-16;13-8-4-5-10-9(7-8)12(14)15-16(10)11-3-1-2-6-17-11;1-5-6-7-8-9(2,3)4/h9-10,12,16H,2-3,5-6,8,11H2,1H3;4-5,7,11H,1-3,6H2;5-6H2,1-4H3. The van der Waals surface area contributed by atoms with Crippen LogP contribution in [0.1, 0.15) is 96.1 Å². The first-order valence-corrected chi connectivity index (χ1v) is 21.1. The first kappa shape index (κ1) is 36.8. The minimum atomic E-state index is -1.06. The number of unbranched alkanes of at least 4 members (excludes halogenated alkanes) is 2. The number of nitrogens with zero attached hydrogens (tertiary/aromatic N) is 4. The van der Waals surface area contributed by atoms with Crippen LogP contribution in [0, 0.1) is 35.2 Å². The highest BCUT2D eigenvalue weighted by Gasteiger charge is 2.22. The number of fused-ring (bicyclic) bond motifs is 2. The smallest absolute Gasteiger partial charge is 0.240 e. The van der Waals surface area contributed by atoms with E-state index in [-0.39, 0.29) is 12.5 Å². The van der Waals surface area contributed by atoms with Crippen molar-refractivity contribution in [2.45, 2.75) is 110 Å². The van der Waals surface area contributed by atoms with Gasteiger partial charge in [0, 0.05) is 36.1 Å². The molecule has 47 heavy (non-hydrogen) atoms. The molecule has 0 aliphatic carbocycles. The fraction of sp³-hybridized carbons (Fsp3) is 0.514. The molecule has 252 valence electrons. The third kappa shape index (κ3) is 10.7. The first-order valence-electron chi connectivity index (χ1n) is 16.8. The van der Waals surface area contributed by atoms with Crippen LogP contribution in [-0.2, 0) is 9.47 Å². The molecule has 2 aliphatic rings. The Morgan fingerprint density at radius 1 is 0.787 bits per heavy atom. The fourth-order valence-corrected chi connectivity index (χ4v) is 6.29. The van der Waals surface area contributed by atoms with Crippen LogP contribution in [0.5, 0.6) is 0 Å². The zero-order valence-corrected chi connectivity index (χ0v) is 30.9. The number of hydrogen-bond acceptors (Lipinski definition) is 4. The lowest BCUT2D eigenvalue weighted by Crippen LogP contribution is -2.19. The number of halogens is 3. The maximum Gasteiger partial charge on any atom is 0.240 e. The van der Waals surface area contributed by atoms with Gasteiger partial charge >= 0.3 is 0 Å². The topological polar surface area (TPSA) is 54.1 Å². The van der Waals surface area contributed by atoms with Crippen molar-refractivity contribution in [3.05, 3.63) is 58.3 Å². The molecule has 4 aromatic rings. The summed E-state index contributed by atoms with van der Waals surface area (Å²) in [6.07, 6.45) is 9.98. The Morgan fingerprint density at radius 3 is 1.83 bits per heavy atom. The SMILES string of the molecule is CCCC#C[Si](C)(C)C.CCCC#Cc1ccc2c(c1)c(F)nn2C1CCCCO1.Fc1nn(C2CCCCO2)c2ccc(Br)cc12. The van der Waals surface area contributed by atoms with Crippen molar-refractivity contribution in [1.29, 1.82) is 0 Å². The molecule has 2 aliphatic heterocycles. The highest BCUT2D eigenvalue weighted by atomic mass is 79.9. The van der Waals surface area contributed by atoms with Crippen molar-refractivity contribution in [3.8, 4) is 23.3 Å². The lowest BCUT2D eigenvalue weighted by molar-refractivity contribution is -0.0376. The molecule has 2 fully saturated rings. The predicted octanol–water partition coefficient (Wildman–Crippen LogP) is 10.3. The molecule has 0 bridgehead atoms. The Bertz CT molecular complexity index is 1730. The number of rotatable bonds is 4. The summed E-state index contributed by atoms with van der Waals surface area (Å²) < 4.78 is 43.4. The summed E-state index contributed by atoms with van der Waals surface area (Å²) in [6.45, 7) is 12.5. The van der Waals surface area contributed by atoms with Crippen LogP contribution in [0.4, 0.5) is 8.78 Å². The molecule has 2 aromatic carbocycles. The summed E-state index contributed by atoms with van der Waals surface area (Å²) in [5.41, 5.74) is 5.71. The lowest BCUT2D eigenvalue weighted by atomic mass is 10.1. The molecule has 2 unspecified atom stereocenters. The van der Waals surface area contributed by atoms with E-state index >= 15 is 0 Å². The van der Waals surface area contributed by atoms with Crippen molar-refractivity contribution in [1.82, 2.24) is 19.6 Å². The van der Waals surface area contributed by atoms with Gasteiger partial charge in [-0.25, -0.2) is 9.36 Å². The summed E-state index contributed by atoms with van der Waals surface area (Å²) >= 11 is 3.34. The van der Waals surface area contributed by atoms with E-state index in [2.05, 4.69) is 82.9 Å². The second-order valence-corrected chi connectivity index (χ2v) is 18.5. The van der Waals surface area contributed by atoms with Gasteiger partial charge in [-0.15, -0.1) is 21.7 Å². The van der Waals surface area contributed by atoms with E-state index in [1.165, 1.54) is 6.42 Å². The number of hydrogen-bond donors (Lipinski definition) is 0. The van der Waals surface area contributed by atoms with Crippen molar-refractivity contribution in [2.75, 3.05) is 13.2 Å². The Morgan fingerprint density at radius 2 is 1.32 bits per heavy atom. The summed E-state index contributed by atoms with van der Waals surface area (Å²) in [4.78, 5) is 0. The molecule has 2 atom stereocenters. The Labute approximate surface area is 287 Å². The van der Waals surface area contributed by atoms with Crippen LogP contribution in [-0.4, -0.2) is 40.8 Å². The van der Waals surface area contributed by atoms with Gasteiger partial charge in [-0.2, -0.15) is 8.78 Å². The molecule has 2 saturated heterocycles. The van der Waals surface area contributed by atoms with E-state index in [9.17, 15) is 8.78 Å². The number of aromatic nitrogens is 4. The van der Waals surface area contributed by atoms with Crippen LogP contribution >= 0.6 is 15.9 Å². The Hall–Kier alpha value is -3.02. The molecular weight excluding hydrogens is 678 g/mol. The Kier molecular flexibility index (Phi) is 14.0. The van der Waals surface area contributed by atoms with Gasteiger partial charge in [0.05, 0.1) is 21.8 Å². The number of benzene rings is 2. The van der Waals surface area contributed by atoms with Crippen LogP contribution in [0.25, 0.3) is 21.8 Å². The van der Waals surface area contributed by atoms with Gasteiger partial charge in [0.15, 0.2) is 12.5 Å². The second-order valence-electron chi connectivity index (χ2n) is 12.9. The van der Waals surface area contributed by atoms with Crippen LogP contribution in [0.15, 0.2) is 40.9 Å². The van der Waals surface area contributed by atoms with E-state index in [1.807, 2.05) is 24.3 Å². The maximum absolute atomic E-state index is 14.1. The second kappa shape index (κ2) is 17.9. The van der Waals surface area contributed by atoms with E-state index < -0.39 is 20.0 Å². The lowest BCUT2D eigenvalue weighted by Gasteiger charge is -2.23. The average molecular weight is 726 g/mol. The monoisotopic (exact) mass is 724 g/mol. The van der Waals surface area contributed by atoms with Crippen molar-refractivity contribution >= 4 is 45.8 Å². The minimum absolute atomic E-state index is 0.128. The largest absolute Gasteiger partial charge is 0.356 e. The highest BCUT2D eigenvalue weighted by molar-refractivity contribution is 9.10. The first-order chi connectivity index (χ1) is 22.6. The maximum atomic E-state index is 14.1. The zero-order valence-electron chi connectivity index (χ0n) is 28.3.